The summed E-state index contributed by atoms with van der Waals surface area (Å²) < 4.78 is 0. The largest absolute Gasteiger partial charge is 0.314 e. The summed E-state index contributed by atoms with van der Waals surface area (Å²) in [6.07, 6.45) is 11.4. The van der Waals surface area contributed by atoms with E-state index in [1.54, 1.807) is 0 Å². The summed E-state index contributed by atoms with van der Waals surface area (Å²) in [5.74, 6) is 0.795. The molecule has 1 saturated carbocycles. The minimum Gasteiger partial charge on any atom is -0.314 e. The molecule has 2 nitrogen and oxygen atoms in total. The van der Waals surface area contributed by atoms with Gasteiger partial charge in [0.05, 0.1) is 0 Å². The zero-order valence-electron chi connectivity index (χ0n) is 13.3. The third kappa shape index (κ3) is 3.95. The van der Waals surface area contributed by atoms with Crippen molar-refractivity contribution < 1.29 is 0 Å². The van der Waals surface area contributed by atoms with E-state index in [1.807, 2.05) is 0 Å². The summed E-state index contributed by atoms with van der Waals surface area (Å²) in [5, 5.41) is 3.76. The molecule has 3 unspecified atom stereocenters. The molecule has 0 aromatic carbocycles. The molecule has 2 aliphatic rings. The summed E-state index contributed by atoms with van der Waals surface area (Å²) >= 11 is 0. The van der Waals surface area contributed by atoms with Gasteiger partial charge in [-0.05, 0) is 45.1 Å². The van der Waals surface area contributed by atoms with Crippen molar-refractivity contribution in [3.63, 3.8) is 0 Å². The van der Waals surface area contributed by atoms with Crippen molar-refractivity contribution in [3.8, 4) is 0 Å². The van der Waals surface area contributed by atoms with Gasteiger partial charge in [0, 0.05) is 24.7 Å². The molecule has 1 N–H and O–H groups in total. The number of hydrogen-bond donors (Lipinski definition) is 1. The Balaban J connectivity index is 1.89. The number of likely N-dealkylation sites (tertiary alicyclic amines) is 1. The van der Waals surface area contributed by atoms with Crippen LogP contribution in [0.2, 0.25) is 0 Å². The molecule has 1 aliphatic carbocycles. The zero-order chi connectivity index (χ0) is 13.7. The van der Waals surface area contributed by atoms with Gasteiger partial charge in [0.25, 0.3) is 0 Å². The smallest absolute Gasteiger partial charge is 0.0120 e. The van der Waals surface area contributed by atoms with Gasteiger partial charge < -0.3 is 5.32 Å². The highest BCUT2D eigenvalue weighted by Crippen LogP contribution is 2.30. The molecule has 0 radical (unpaired) electrons. The zero-order valence-corrected chi connectivity index (χ0v) is 13.3. The van der Waals surface area contributed by atoms with Gasteiger partial charge in [0.1, 0.15) is 0 Å². The average molecular weight is 266 g/mol. The lowest BCUT2D eigenvalue weighted by atomic mass is 9.85. The Kier molecular flexibility index (Phi) is 6.15. The van der Waals surface area contributed by atoms with Crippen LogP contribution in [0, 0.1) is 5.92 Å². The van der Waals surface area contributed by atoms with Crippen LogP contribution in [-0.4, -0.2) is 36.1 Å². The topological polar surface area (TPSA) is 15.3 Å². The van der Waals surface area contributed by atoms with Gasteiger partial charge in [-0.3, -0.25) is 4.90 Å². The van der Waals surface area contributed by atoms with Gasteiger partial charge >= 0.3 is 0 Å². The standard InChI is InChI=1S/C17H34N2/c1-4-12-18-17-11-13-19(15(3)14(17)2)16-9-7-5-6-8-10-16/h14-18H,4-13H2,1-3H3. The lowest BCUT2D eigenvalue weighted by Gasteiger charge is -2.46. The van der Waals surface area contributed by atoms with Crippen LogP contribution in [-0.2, 0) is 0 Å². The van der Waals surface area contributed by atoms with Gasteiger partial charge in [0.15, 0.2) is 0 Å². The van der Waals surface area contributed by atoms with Crippen molar-refractivity contribution >= 4 is 0 Å². The Morgan fingerprint density at radius 1 is 1.00 bits per heavy atom. The first-order chi connectivity index (χ1) is 9.24. The van der Waals surface area contributed by atoms with E-state index in [2.05, 4.69) is 31.0 Å². The molecule has 0 aromatic rings. The van der Waals surface area contributed by atoms with E-state index in [1.165, 1.54) is 64.5 Å². The molecule has 1 saturated heterocycles. The quantitative estimate of drug-likeness (QED) is 0.779. The highest BCUT2D eigenvalue weighted by Gasteiger charge is 2.35. The second kappa shape index (κ2) is 7.64. The Morgan fingerprint density at radius 3 is 2.32 bits per heavy atom. The fourth-order valence-corrected chi connectivity index (χ4v) is 4.12. The van der Waals surface area contributed by atoms with Crippen molar-refractivity contribution in [2.24, 2.45) is 5.92 Å². The number of hydrogen-bond acceptors (Lipinski definition) is 2. The number of piperidine rings is 1. The maximum Gasteiger partial charge on any atom is 0.0120 e. The van der Waals surface area contributed by atoms with Crippen molar-refractivity contribution in [3.05, 3.63) is 0 Å². The minimum absolute atomic E-state index is 0.747. The first kappa shape index (κ1) is 15.3. The number of nitrogens with zero attached hydrogens (tertiary/aromatic N) is 1. The van der Waals surface area contributed by atoms with E-state index in [-0.39, 0.29) is 0 Å². The maximum absolute atomic E-state index is 3.76. The lowest BCUT2D eigenvalue weighted by molar-refractivity contribution is 0.0407. The Bertz CT molecular complexity index is 246. The highest BCUT2D eigenvalue weighted by atomic mass is 15.2. The molecule has 2 heteroatoms. The van der Waals surface area contributed by atoms with Crippen LogP contribution in [0.3, 0.4) is 0 Å². The van der Waals surface area contributed by atoms with Crippen molar-refractivity contribution in [2.75, 3.05) is 13.1 Å². The molecular formula is C17H34N2. The van der Waals surface area contributed by atoms with Crippen molar-refractivity contribution in [1.29, 1.82) is 0 Å². The minimum atomic E-state index is 0.747. The summed E-state index contributed by atoms with van der Waals surface area (Å²) in [5.41, 5.74) is 0. The molecule has 1 heterocycles. The molecule has 2 fully saturated rings. The predicted molar refractivity (Wildman–Crippen MR) is 83.5 cm³/mol. The van der Waals surface area contributed by atoms with Gasteiger partial charge in [-0.15, -0.1) is 0 Å². The summed E-state index contributed by atoms with van der Waals surface area (Å²) in [6, 6.07) is 2.38. The second-order valence-corrected chi connectivity index (χ2v) is 6.83. The third-order valence-electron chi connectivity index (χ3n) is 5.57. The Labute approximate surface area is 120 Å². The maximum atomic E-state index is 3.76. The van der Waals surface area contributed by atoms with E-state index < -0.39 is 0 Å². The van der Waals surface area contributed by atoms with Crippen LogP contribution in [0.15, 0.2) is 0 Å². The molecule has 19 heavy (non-hydrogen) atoms. The van der Waals surface area contributed by atoms with E-state index in [4.69, 9.17) is 0 Å². The monoisotopic (exact) mass is 266 g/mol. The van der Waals surface area contributed by atoms with Crippen molar-refractivity contribution in [1.82, 2.24) is 10.2 Å². The summed E-state index contributed by atoms with van der Waals surface area (Å²) in [4.78, 5) is 2.85. The SMILES string of the molecule is CCCNC1CCN(C2CCCCCC2)C(C)C1C. The van der Waals surface area contributed by atoms with Gasteiger partial charge in [-0.1, -0.05) is 39.5 Å². The molecule has 0 aromatic heterocycles. The first-order valence-electron chi connectivity index (χ1n) is 8.73. The normalized spacial score (nSPS) is 35.2. The summed E-state index contributed by atoms with van der Waals surface area (Å²) in [6.45, 7) is 9.70. The molecule has 2 rings (SSSR count). The highest BCUT2D eigenvalue weighted by molar-refractivity contribution is 4.91. The van der Waals surface area contributed by atoms with Crippen LogP contribution in [0.4, 0.5) is 0 Å². The molecular weight excluding hydrogens is 232 g/mol. The van der Waals surface area contributed by atoms with Crippen LogP contribution >= 0.6 is 0 Å². The molecule has 112 valence electrons. The fraction of sp³-hybridized carbons (Fsp3) is 1.00. The van der Waals surface area contributed by atoms with E-state index >= 15 is 0 Å². The van der Waals surface area contributed by atoms with Crippen LogP contribution < -0.4 is 5.32 Å². The van der Waals surface area contributed by atoms with Crippen LogP contribution in [0.1, 0.15) is 72.1 Å². The number of nitrogens with one attached hydrogen (secondary N) is 1. The van der Waals surface area contributed by atoms with Gasteiger partial charge in [-0.2, -0.15) is 0 Å². The van der Waals surface area contributed by atoms with Crippen LogP contribution in [0.25, 0.3) is 0 Å². The van der Waals surface area contributed by atoms with E-state index in [9.17, 15) is 0 Å². The third-order valence-corrected chi connectivity index (χ3v) is 5.57. The lowest BCUT2D eigenvalue weighted by Crippen LogP contribution is -2.56. The first-order valence-corrected chi connectivity index (χ1v) is 8.73. The summed E-state index contributed by atoms with van der Waals surface area (Å²) in [7, 11) is 0. The fourth-order valence-electron chi connectivity index (χ4n) is 4.12. The molecule has 0 bridgehead atoms. The van der Waals surface area contributed by atoms with Crippen LogP contribution in [0.5, 0.6) is 0 Å². The van der Waals surface area contributed by atoms with Gasteiger partial charge in [0.2, 0.25) is 0 Å². The van der Waals surface area contributed by atoms with Gasteiger partial charge in [-0.25, -0.2) is 0 Å². The van der Waals surface area contributed by atoms with E-state index in [0.29, 0.717) is 0 Å². The molecule has 1 aliphatic heterocycles. The molecule has 0 amide bonds. The predicted octanol–water partition coefficient (Wildman–Crippen LogP) is 3.81. The Hall–Kier alpha value is -0.0800. The van der Waals surface area contributed by atoms with Crippen molar-refractivity contribution in [2.45, 2.75) is 90.3 Å². The van der Waals surface area contributed by atoms with E-state index in [0.717, 1.165) is 24.0 Å². The molecule has 3 atom stereocenters. The number of rotatable bonds is 4. The Morgan fingerprint density at radius 2 is 1.68 bits per heavy atom. The molecule has 0 spiro atoms. The second-order valence-electron chi connectivity index (χ2n) is 6.83. The average Bonchev–Trinajstić information content (AvgIpc) is 2.69.